The van der Waals surface area contributed by atoms with Crippen molar-refractivity contribution in [1.82, 2.24) is 0 Å². The van der Waals surface area contributed by atoms with E-state index < -0.39 is 20.0 Å². The van der Waals surface area contributed by atoms with Crippen LogP contribution in [0.4, 0.5) is 11.4 Å². The second-order valence-corrected chi connectivity index (χ2v) is 9.60. The van der Waals surface area contributed by atoms with Crippen molar-refractivity contribution >= 4 is 31.4 Å². The Hall–Kier alpha value is -2.26. The molecule has 1 N–H and O–H groups in total. The van der Waals surface area contributed by atoms with Crippen LogP contribution in [0.2, 0.25) is 0 Å². The molecule has 7 nitrogen and oxygen atoms in total. The van der Waals surface area contributed by atoms with Gasteiger partial charge in [0.05, 0.1) is 29.1 Å². The predicted molar refractivity (Wildman–Crippen MR) is 101 cm³/mol. The van der Waals surface area contributed by atoms with Crippen molar-refractivity contribution in [3.05, 3.63) is 48.5 Å². The summed E-state index contributed by atoms with van der Waals surface area (Å²) in [7, 11) is -5.77. The van der Waals surface area contributed by atoms with E-state index in [1.54, 1.807) is 30.3 Å². The topological polar surface area (TPSA) is 92.8 Å². The van der Waals surface area contributed by atoms with Gasteiger partial charge in [-0.3, -0.25) is 9.03 Å². The van der Waals surface area contributed by atoms with Crippen LogP contribution in [0.5, 0.6) is 5.75 Å². The number of nitrogens with one attached hydrogen (secondary N) is 1. The Morgan fingerprint density at radius 2 is 1.81 bits per heavy atom. The van der Waals surface area contributed by atoms with Crippen molar-refractivity contribution in [2.75, 3.05) is 28.4 Å². The molecular weight excluding hydrogens is 376 g/mol. The van der Waals surface area contributed by atoms with E-state index in [2.05, 4.69) is 4.72 Å². The molecule has 1 saturated heterocycles. The summed E-state index contributed by atoms with van der Waals surface area (Å²) in [5.41, 5.74) is 0.603. The summed E-state index contributed by atoms with van der Waals surface area (Å²) >= 11 is 0. The molecule has 9 heteroatoms. The molecule has 2 aromatic rings. The lowest BCUT2D eigenvalue weighted by molar-refractivity contribution is 0.415. The Morgan fingerprint density at radius 3 is 2.46 bits per heavy atom. The molecule has 140 valence electrons. The number of ether oxygens (including phenoxy) is 1. The molecule has 1 aliphatic heterocycles. The Bertz CT molecular complexity index is 989. The lowest BCUT2D eigenvalue weighted by atomic mass is 10.2. The normalized spacial score (nSPS) is 16.9. The third kappa shape index (κ3) is 3.78. The second kappa shape index (κ2) is 7.16. The number of benzene rings is 2. The van der Waals surface area contributed by atoms with Gasteiger partial charge in [-0.05, 0) is 43.2 Å². The van der Waals surface area contributed by atoms with Crippen molar-refractivity contribution in [3.63, 3.8) is 0 Å². The first-order valence-electron chi connectivity index (χ1n) is 8.10. The molecule has 0 atom stereocenters. The average molecular weight is 396 g/mol. The molecule has 0 spiro atoms. The summed E-state index contributed by atoms with van der Waals surface area (Å²) in [6.07, 6.45) is 1.35. The molecular formula is C17H20N2O5S2. The molecule has 0 bridgehead atoms. The lowest BCUT2D eigenvalue weighted by Gasteiger charge is -2.29. The summed E-state index contributed by atoms with van der Waals surface area (Å²) in [6.45, 7) is 0.341. The number of hydrogen-bond donors (Lipinski definition) is 1. The van der Waals surface area contributed by atoms with Gasteiger partial charge in [0.25, 0.3) is 10.0 Å². The monoisotopic (exact) mass is 396 g/mol. The minimum atomic E-state index is -3.77. The molecule has 1 aliphatic rings. The molecule has 0 unspecified atom stereocenters. The molecule has 3 rings (SSSR count). The minimum absolute atomic E-state index is 0.0656. The number of nitrogens with zero attached hydrogens (tertiary/aromatic N) is 1. The van der Waals surface area contributed by atoms with Crippen LogP contribution in [0, 0.1) is 0 Å². The van der Waals surface area contributed by atoms with Gasteiger partial charge in [0, 0.05) is 6.54 Å². The van der Waals surface area contributed by atoms with E-state index in [9.17, 15) is 16.8 Å². The zero-order chi connectivity index (χ0) is 18.8. The zero-order valence-corrected chi connectivity index (χ0v) is 15.9. The van der Waals surface area contributed by atoms with Crippen molar-refractivity contribution in [3.8, 4) is 5.75 Å². The van der Waals surface area contributed by atoms with Gasteiger partial charge < -0.3 is 4.74 Å². The van der Waals surface area contributed by atoms with Gasteiger partial charge in [-0.2, -0.15) is 0 Å². The lowest BCUT2D eigenvalue weighted by Crippen LogP contribution is -2.38. The average Bonchev–Trinajstić information content (AvgIpc) is 2.62. The fraction of sp³-hybridized carbons (Fsp3) is 0.294. The Labute approximate surface area is 153 Å². The van der Waals surface area contributed by atoms with Crippen molar-refractivity contribution in [2.24, 2.45) is 0 Å². The number of rotatable bonds is 5. The van der Waals surface area contributed by atoms with Crippen molar-refractivity contribution in [1.29, 1.82) is 0 Å². The highest BCUT2D eigenvalue weighted by Gasteiger charge is 2.28. The SMILES string of the molecule is COc1ccc(NS(=O)(=O)c2ccccc2)cc1N1CCCCS1(=O)=O. The van der Waals surface area contributed by atoms with E-state index in [0.29, 0.717) is 24.4 Å². The summed E-state index contributed by atoms with van der Waals surface area (Å²) in [6, 6.07) is 12.6. The van der Waals surface area contributed by atoms with Gasteiger partial charge in [0.1, 0.15) is 5.75 Å². The maximum Gasteiger partial charge on any atom is 0.261 e. The third-order valence-electron chi connectivity index (χ3n) is 4.10. The smallest absolute Gasteiger partial charge is 0.261 e. The molecule has 0 saturated carbocycles. The zero-order valence-electron chi connectivity index (χ0n) is 14.3. The largest absolute Gasteiger partial charge is 0.495 e. The maximum absolute atomic E-state index is 12.5. The summed E-state index contributed by atoms with van der Waals surface area (Å²) in [4.78, 5) is 0.128. The van der Waals surface area contributed by atoms with Crippen LogP contribution >= 0.6 is 0 Å². The van der Waals surface area contributed by atoms with Crippen molar-refractivity contribution < 1.29 is 21.6 Å². The van der Waals surface area contributed by atoms with E-state index >= 15 is 0 Å². The first-order chi connectivity index (χ1) is 12.3. The quantitative estimate of drug-likeness (QED) is 0.838. The molecule has 0 aromatic heterocycles. The maximum atomic E-state index is 12.5. The summed E-state index contributed by atoms with van der Waals surface area (Å²) in [5, 5.41) is 0. The first kappa shape index (κ1) is 18.5. The molecule has 2 aromatic carbocycles. The number of anilines is 2. The Morgan fingerprint density at radius 1 is 1.08 bits per heavy atom. The molecule has 26 heavy (non-hydrogen) atoms. The van der Waals surface area contributed by atoms with E-state index in [0.717, 1.165) is 6.42 Å². The van der Waals surface area contributed by atoms with Gasteiger partial charge in [-0.1, -0.05) is 18.2 Å². The van der Waals surface area contributed by atoms with Crippen LogP contribution in [-0.2, 0) is 20.0 Å². The highest BCUT2D eigenvalue weighted by Crippen LogP contribution is 2.35. The van der Waals surface area contributed by atoms with E-state index in [1.165, 1.54) is 29.6 Å². The van der Waals surface area contributed by atoms with E-state index in [4.69, 9.17) is 4.74 Å². The minimum Gasteiger partial charge on any atom is -0.495 e. The standard InChI is InChI=1S/C17H20N2O5S2/c1-24-17-10-9-14(18-26(22,23)15-7-3-2-4-8-15)13-16(17)19-11-5-6-12-25(19,20)21/h2-4,7-10,13,18H,5-6,11-12H2,1H3. The molecule has 0 radical (unpaired) electrons. The Balaban J connectivity index is 1.98. The van der Waals surface area contributed by atoms with Crippen LogP contribution in [0.1, 0.15) is 12.8 Å². The highest BCUT2D eigenvalue weighted by molar-refractivity contribution is 7.93. The van der Waals surface area contributed by atoms with Gasteiger partial charge >= 0.3 is 0 Å². The number of methoxy groups -OCH3 is 1. The molecule has 1 fully saturated rings. The van der Waals surface area contributed by atoms with Crippen LogP contribution in [-0.4, -0.2) is 36.2 Å². The van der Waals surface area contributed by atoms with Crippen LogP contribution in [0.3, 0.4) is 0 Å². The molecule has 0 amide bonds. The van der Waals surface area contributed by atoms with E-state index in [1.807, 2.05) is 0 Å². The van der Waals surface area contributed by atoms with Gasteiger partial charge in [0.15, 0.2) is 0 Å². The summed E-state index contributed by atoms with van der Waals surface area (Å²) < 4.78 is 58.8. The van der Waals surface area contributed by atoms with Gasteiger partial charge in [-0.25, -0.2) is 16.8 Å². The Kier molecular flexibility index (Phi) is 5.10. The highest BCUT2D eigenvalue weighted by atomic mass is 32.2. The number of hydrogen-bond acceptors (Lipinski definition) is 5. The fourth-order valence-corrected chi connectivity index (χ4v) is 5.53. The molecule has 1 heterocycles. The van der Waals surface area contributed by atoms with Crippen LogP contribution < -0.4 is 13.8 Å². The molecule has 0 aliphatic carbocycles. The number of sulfonamides is 2. The van der Waals surface area contributed by atoms with Crippen LogP contribution in [0.25, 0.3) is 0 Å². The van der Waals surface area contributed by atoms with Gasteiger partial charge in [0.2, 0.25) is 10.0 Å². The summed E-state index contributed by atoms with van der Waals surface area (Å²) in [5.74, 6) is 0.439. The van der Waals surface area contributed by atoms with Crippen molar-refractivity contribution in [2.45, 2.75) is 17.7 Å². The fourth-order valence-electron chi connectivity index (χ4n) is 2.82. The predicted octanol–water partition coefficient (Wildman–Crippen LogP) is 2.43. The van der Waals surface area contributed by atoms with Crippen LogP contribution in [0.15, 0.2) is 53.4 Å². The van der Waals surface area contributed by atoms with E-state index in [-0.39, 0.29) is 16.3 Å². The second-order valence-electron chi connectivity index (χ2n) is 5.90. The first-order valence-corrected chi connectivity index (χ1v) is 11.2. The van der Waals surface area contributed by atoms with Gasteiger partial charge in [-0.15, -0.1) is 0 Å². The third-order valence-corrected chi connectivity index (χ3v) is 7.36.